The van der Waals surface area contributed by atoms with Crippen molar-refractivity contribution in [3.63, 3.8) is 0 Å². The predicted molar refractivity (Wildman–Crippen MR) is 105 cm³/mol. The first-order valence-corrected chi connectivity index (χ1v) is 11.1. The lowest BCUT2D eigenvalue weighted by molar-refractivity contribution is -0.120. The molecule has 0 spiro atoms. The number of carbonyl (C=O) groups excluding carboxylic acids is 1. The summed E-state index contributed by atoms with van der Waals surface area (Å²) in [7, 11) is -3.18. The van der Waals surface area contributed by atoms with Crippen LogP contribution in [0.15, 0.2) is 48.5 Å². The maximum Gasteiger partial charge on any atom is 0.221 e. The van der Waals surface area contributed by atoms with E-state index in [0.29, 0.717) is 18.0 Å². The molecule has 0 aromatic heterocycles. The van der Waals surface area contributed by atoms with Gasteiger partial charge in [0, 0.05) is 13.0 Å². The number of hydrogen-bond donors (Lipinski definition) is 1. The zero-order valence-electron chi connectivity index (χ0n) is 15.6. The monoisotopic (exact) mass is 405 g/mol. The Bertz CT molecular complexity index is 889. The number of carbonyl (C=O) groups is 1. The van der Waals surface area contributed by atoms with Crippen molar-refractivity contribution in [2.24, 2.45) is 0 Å². The Labute approximate surface area is 164 Å². The summed E-state index contributed by atoms with van der Waals surface area (Å²) in [6.07, 6.45) is 3.34. The van der Waals surface area contributed by atoms with Gasteiger partial charge in [0.15, 0.2) is 9.84 Å². The molecule has 0 bridgehead atoms. The van der Waals surface area contributed by atoms with E-state index in [1.807, 2.05) is 12.1 Å². The van der Waals surface area contributed by atoms with E-state index in [2.05, 4.69) is 5.32 Å². The predicted octanol–water partition coefficient (Wildman–Crippen LogP) is 3.98. The van der Waals surface area contributed by atoms with E-state index in [9.17, 15) is 17.6 Å². The smallest absolute Gasteiger partial charge is 0.221 e. The third-order valence-corrected chi connectivity index (χ3v) is 7.15. The van der Waals surface area contributed by atoms with Gasteiger partial charge in [-0.25, -0.2) is 12.8 Å². The summed E-state index contributed by atoms with van der Waals surface area (Å²) in [4.78, 5) is 12.0. The number of ether oxygens (including phenoxy) is 1. The highest BCUT2D eigenvalue weighted by Crippen LogP contribution is 2.25. The molecule has 1 saturated carbocycles. The van der Waals surface area contributed by atoms with Crippen LogP contribution >= 0.6 is 0 Å². The third kappa shape index (κ3) is 5.79. The minimum Gasteiger partial charge on any atom is -0.457 e. The molecule has 3 rings (SSSR count). The molecule has 2 aromatic rings. The minimum absolute atomic E-state index is 0.00933. The van der Waals surface area contributed by atoms with Crippen molar-refractivity contribution in [3.05, 3.63) is 59.9 Å². The molecule has 2 aromatic carbocycles. The van der Waals surface area contributed by atoms with Gasteiger partial charge in [-0.2, -0.15) is 0 Å². The van der Waals surface area contributed by atoms with Crippen LogP contribution in [0, 0.1) is 5.82 Å². The second kappa shape index (κ2) is 9.19. The first-order valence-electron chi connectivity index (χ1n) is 9.43. The van der Waals surface area contributed by atoms with Gasteiger partial charge < -0.3 is 10.1 Å². The van der Waals surface area contributed by atoms with E-state index in [4.69, 9.17) is 4.74 Å². The SMILES string of the molecule is O=C(CCS(=O)(=O)C1CCCC1)NCc1ccc(Oc2ccc(F)cc2)cc1. The fraction of sp³-hybridized carbons (Fsp3) is 0.381. The van der Waals surface area contributed by atoms with Crippen molar-refractivity contribution in [2.75, 3.05) is 5.75 Å². The van der Waals surface area contributed by atoms with Gasteiger partial charge in [-0.1, -0.05) is 25.0 Å². The molecule has 150 valence electrons. The Hall–Kier alpha value is -2.41. The van der Waals surface area contributed by atoms with Crippen LogP contribution in [0.2, 0.25) is 0 Å². The summed E-state index contributed by atoms with van der Waals surface area (Å²) in [5.41, 5.74) is 0.874. The Balaban J connectivity index is 1.44. The molecule has 0 heterocycles. The maximum atomic E-state index is 12.9. The summed E-state index contributed by atoms with van der Waals surface area (Å²) in [5.74, 6) is 0.450. The normalized spacial score (nSPS) is 14.8. The highest BCUT2D eigenvalue weighted by molar-refractivity contribution is 7.92. The lowest BCUT2D eigenvalue weighted by atomic mass is 10.2. The molecule has 0 aliphatic heterocycles. The summed E-state index contributed by atoms with van der Waals surface area (Å²) >= 11 is 0. The molecule has 5 nitrogen and oxygen atoms in total. The van der Waals surface area contributed by atoms with Gasteiger partial charge in [0.25, 0.3) is 0 Å². The summed E-state index contributed by atoms with van der Waals surface area (Å²) in [6.45, 7) is 0.319. The summed E-state index contributed by atoms with van der Waals surface area (Å²) < 4.78 is 42.9. The lowest BCUT2D eigenvalue weighted by Crippen LogP contribution is -2.28. The van der Waals surface area contributed by atoms with E-state index in [-0.39, 0.29) is 29.1 Å². The molecular weight excluding hydrogens is 381 g/mol. The molecule has 28 heavy (non-hydrogen) atoms. The lowest BCUT2D eigenvalue weighted by Gasteiger charge is -2.11. The molecule has 0 radical (unpaired) electrons. The van der Waals surface area contributed by atoms with Crippen LogP contribution in [0.25, 0.3) is 0 Å². The molecule has 0 saturated heterocycles. The highest BCUT2D eigenvalue weighted by atomic mass is 32.2. The number of rotatable bonds is 8. The van der Waals surface area contributed by atoms with Crippen molar-refractivity contribution in [2.45, 2.75) is 43.9 Å². The average Bonchev–Trinajstić information content (AvgIpc) is 3.24. The first-order chi connectivity index (χ1) is 13.4. The zero-order chi connectivity index (χ0) is 20.0. The topological polar surface area (TPSA) is 72.5 Å². The number of sulfone groups is 1. The van der Waals surface area contributed by atoms with Gasteiger partial charge in [-0.15, -0.1) is 0 Å². The number of halogens is 1. The van der Waals surface area contributed by atoms with E-state index >= 15 is 0 Å². The average molecular weight is 405 g/mol. The van der Waals surface area contributed by atoms with Gasteiger partial charge in [0.2, 0.25) is 5.91 Å². The van der Waals surface area contributed by atoms with Crippen molar-refractivity contribution in [1.82, 2.24) is 5.32 Å². The Morgan fingerprint density at radius 3 is 2.18 bits per heavy atom. The first kappa shape index (κ1) is 20.3. The van der Waals surface area contributed by atoms with E-state index in [1.54, 1.807) is 24.3 Å². The van der Waals surface area contributed by atoms with Crippen LogP contribution in [0.3, 0.4) is 0 Å². The van der Waals surface area contributed by atoms with E-state index in [0.717, 1.165) is 31.2 Å². The highest BCUT2D eigenvalue weighted by Gasteiger charge is 2.28. The molecule has 1 aliphatic carbocycles. The van der Waals surface area contributed by atoms with Gasteiger partial charge in [-0.05, 0) is 54.8 Å². The van der Waals surface area contributed by atoms with E-state index < -0.39 is 9.84 Å². The van der Waals surface area contributed by atoms with Crippen molar-refractivity contribution < 1.29 is 22.3 Å². The molecule has 1 aliphatic rings. The van der Waals surface area contributed by atoms with Crippen LogP contribution in [-0.2, 0) is 21.2 Å². The van der Waals surface area contributed by atoms with Gasteiger partial charge in [-0.3, -0.25) is 4.79 Å². The minimum atomic E-state index is -3.18. The van der Waals surface area contributed by atoms with Gasteiger partial charge in [0.1, 0.15) is 17.3 Å². The van der Waals surface area contributed by atoms with Crippen LogP contribution < -0.4 is 10.1 Å². The van der Waals surface area contributed by atoms with Crippen molar-refractivity contribution in [3.8, 4) is 11.5 Å². The van der Waals surface area contributed by atoms with E-state index in [1.165, 1.54) is 12.1 Å². The molecule has 1 fully saturated rings. The van der Waals surface area contributed by atoms with Gasteiger partial charge >= 0.3 is 0 Å². The van der Waals surface area contributed by atoms with Crippen LogP contribution in [0.5, 0.6) is 11.5 Å². The van der Waals surface area contributed by atoms with Crippen LogP contribution in [0.4, 0.5) is 4.39 Å². The zero-order valence-corrected chi connectivity index (χ0v) is 16.4. The quantitative estimate of drug-likeness (QED) is 0.721. The van der Waals surface area contributed by atoms with Crippen LogP contribution in [-0.4, -0.2) is 25.3 Å². The van der Waals surface area contributed by atoms with Crippen LogP contribution in [0.1, 0.15) is 37.7 Å². The molecule has 7 heteroatoms. The Kier molecular flexibility index (Phi) is 6.67. The largest absolute Gasteiger partial charge is 0.457 e. The molecule has 1 amide bonds. The van der Waals surface area contributed by atoms with Crippen molar-refractivity contribution in [1.29, 1.82) is 0 Å². The second-order valence-electron chi connectivity index (χ2n) is 7.00. The standard InChI is InChI=1S/C21H24FNO4S/c22-17-7-11-19(12-8-17)27-18-9-5-16(6-10-18)15-23-21(24)13-14-28(25,26)20-3-1-2-4-20/h5-12,20H,1-4,13-15H2,(H,23,24). The molecular formula is C21H24FNO4S. The number of hydrogen-bond acceptors (Lipinski definition) is 4. The molecule has 0 atom stereocenters. The molecule has 0 unspecified atom stereocenters. The number of benzene rings is 2. The summed E-state index contributed by atoms with van der Waals surface area (Å²) in [5, 5.41) is 2.48. The summed E-state index contributed by atoms with van der Waals surface area (Å²) in [6, 6.07) is 12.9. The fourth-order valence-corrected chi connectivity index (χ4v) is 5.11. The maximum absolute atomic E-state index is 12.9. The number of amides is 1. The second-order valence-corrected chi connectivity index (χ2v) is 9.40. The Morgan fingerprint density at radius 2 is 1.57 bits per heavy atom. The molecule has 1 N–H and O–H groups in total. The third-order valence-electron chi connectivity index (χ3n) is 4.89. The van der Waals surface area contributed by atoms with Gasteiger partial charge in [0.05, 0.1) is 11.0 Å². The fourth-order valence-electron chi connectivity index (χ4n) is 3.25. The van der Waals surface area contributed by atoms with Crippen molar-refractivity contribution >= 4 is 15.7 Å². The Morgan fingerprint density at radius 1 is 1.00 bits per heavy atom. The number of nitrogens with one attached hydrogen (secondary N) is 1.